The molecule has 10 heteroatoms. The van der Waals surface area contributed by atoms with Gasteiger partial charge in [-0.05, 0) is 48.5 Å². The number of benzene rings is 2. The number of ether oxygens (including phenoxy) is 4. The van der Waals surface area contributed by atoms with Crippen LogP contribution >= 0.6 is 23.2 Å². The topological polar surface area (TPSA) is 95.1 Å². The van der Waals surface area contributed by atoms with Gasteiger partial charge in [-0.15, -0.1) is 0 Å². The average molecular weight is 453 g/mol. The number of hydrogen-bond donors (Lipinski definition) is 2. The van der Waals surface area contributed by atoms with Gasteiger partial charge in [-0.25, -0.2) is 9.59 Å². The molecule has 0 aromatic heterocycles. The Balaban J connectivity index is 1.27. The van der Waals surface area contributed by atoms with Gasteiger partial charge in [0.25, 0.3) is 0 Å². The normalized spacial score (nSPS) is 24.7. The maximum absolute atomic E-state index is 12.1. The zero-order chi connectivity index (χ0) is 21.1. The molecule has 0 unspecified atom stereocenters. The summed E-state index contributed by atoms with van der Waals surface area (Å²) in [6, 6.07) is 13.3. The van der Waals surface area contributed by atoms with Crippen molar-refractivity contribution in [1.29, 1.82) is 0 Å². The molecule has 2 saturated heterocycles. The molecule has 4 rings (SSSR count). The van der Waals surface area contributed by atoms with Crippen LogP contribution in [0.15, 0.2) is 48.5 Å². The van der Waals surface area contributed by atoms with Crippen LogP contribution in [-0.4, -0.2) is 49.8 Å². The summed E-state index contributed by atoms with van der Waals surface area (Å²) in [6.45, 7) is 0.282. The Morgan fingerprint density at radius 2 is 1.10 bits per heavy atom. The van der Waals surface area contributed by atoms with Gasteiger partial charge in [0, 0.05) is 21.4 Å². The summed E-state index contributed by atoms with van der Waals surface area (Å²) < 4.78 is 22.2. The Bertz CT molecular complexity index is 833. The van der Waals surface area contributed by atoms with Gasteiger partial charge >= 0.3 is 12.2 Å². The molecule has 4 atom stereocenters. The van der Waals surface area contributed by atoms with E-state index in [1.807, 2.05) is 0 Å². The van der Waals surface area contributed by atoms with Gasteiger partial charge in [0.2, 0.25) is 0 Å². The zero-order valence-corrected chi connectivity index (χ0v) is 17.1. The molecule has 0 bridgehead atoms. The van der Waals surface area contributed by atoms with Crippen molar-refractivity contribution in [3.05, 3.63) is 58.6 Å². The quantitative estimate of drug-likeness (QED) is 0.716. The molecule has 2 amide bonds. The van der Waals surface area contributed by atoms with Gasteiger partial charge in [-0.1, -0.05) is 23.2 Å². The third-order valence-electron chi connectivity index (χ3n) is 4.66. The first-order chi connectivity index (χ1) is 14.5. The third kappa shape index (κ3) is 4.96. The fraction of sp³-hybridized carbons (Fsp3) is 0.300. The highest BCUT2D eigenvalue weighted by molar-refractivity contribution is 6.30. The van der Waals surface area contributed by atoms with Crippen molar-refractivity contribution in [3.8, 4) is 0 Å². The number of carbonyl (C=O) groups excluding carboxylic acids is 2. The highest BCUT2D eigenvalue weighted by atomic mass is 35.5. The van der Waals surface area contributed by atoms with Crippen LogP contribution in [-0.2, 0) is 18.9 Å². The Labute approximate surface area is 182 Å². The lowest BCUT2D eigenvalue weighted by molar-refractivity contribution is -0.00696. The van der Waals surface area contributed by atoms with Gasteiger partial charge < -0.3 is 18.9 Å². The van der Waals surface area contributed by atoms with E-state index in [4.69, 9.17) is 42.1 Å². The molecule has 158 valence electrons. The molecular weight excluding hydrogens is 435 g/mol. The van der Waals surface area contributed by atoms with Crippen molar-refractivity contribution in [2.45, 2.75) is 24.4 Å². The average Bonchev–Trinajstić information content (AvgIpc) is 3.29. The fourth-order valence-corrected chi connectivity index (χ4v) is 3.52. The van der Waals surface area contributed by atoms with Gasteiger partial charge in [0.1, 0.15) is 12.2 Å². The van der Waals surface area contributed by atoms with Crippen LogP contribution in [0.25, 0.3) is 0 Å². The molecule has 2 aliphatic rings. The standard InChI is InChI=1S/C20H18Cl2N2O6/c21-11-1-5-13(6-2-11)23-19(25)29-15-9-27-18-16(10-28-17(15)18)30-20(26)24-14-7-3-12(22)4-8-14/h1-8,15-18H,9-10H2,(H,23,25)(H,24,26)/t15-,16+,17-,18-/m1/s1. The van der Waals surface area contributed by atoms with E-state index in [0.717, 1.165) is 0 Å². The lowest BCUT2D eigenvalue weighted by Gasteiger charge is -2.17. The fourth-order valence-electron chi connectivity index (χ4n) is 3.27. The summed E-state index contributed by atoms with van der Waals surface area (Å²) in [5.74, 6) is 0. The first kappa shape index (κ1) is 20.7. The smallest absolute Gasteiger partial charge is 0.412 e. The minimum Gasteiger partial charge on any atom is -0.441 e. The number of anilines is 2. The number of amides is 2. The van der Waals surface area contributed by atoms with Crippen LogP contribution in [0.4, 0.5) is 21.0 Å². The van der Waals surface area contributed by atoms with E-state index in [1.165, 1.54) is 0 Å². The molecular formula is C20H18Cl2N2O6. The molecule has 30 heavy (non-hydrogen) atoms. The first-order valence-corrected chi connectivity index (χ1v) is 9.93. The molecule has 0 aliphatic carbocycles. The van der Waals surface area contributed by atoms with E-state index in [-0.39, 0.29) is 13.2 Å². The number of fused-ring (bicyclic) bond motifs is 1. The maximum atomic E-state index is 12.1. The van der Waals surface area contributed by atoms with Gasteiger partial charge in [0.05, 0.1) is 13.2 Å². The summed E-state index contributed by atoms with van der Waals surface area (Å²) in [4.78, 5) is 24.3. The molecule has 0 radical (unpaired) electrons. The van der Waals surface area contributed by atoms with Crippen LogP contribution in [0.1, 0.15) is 0 Å². The van der Waals surface area contributed by atoms with Crippen molar-refractivity contribution in [1.82, 2.24) is 0 Å². The van der Waals surface area contributed by atoms with Crippen molar-refractivity contribution >= 4 is 46.8 Å². The Morgan fingerprint density at radius 3 is 1.47 bits per heavy atom. The molecule has 2 heterocycles. The second kappa shape index (κ2) is 9.09. The van der Waals surface area contributed by atoms with Crippen molar-refractivity contribution < 1.29 is 28.5 Å². The van der Waals surface area contributed by atoms with E-state index >= 15 is 0 Å². The third-order valence-corrected chi connectivity index (χ3v) is 5.16. The lowest BCUT2D eigenvalue weighted by Crippen LogP contribution is -2.37. The first-order valence-electron chi connectivity index (χ1n) is 9.17. The second-order valence-electron chi connectivity index (χ2n) is 6.75. The Morgan fingerprint density at radius 1 is 0.733 bits per heavy atom. The predicted molar refractivity (Wildman–Crippen MR) is 110 cm³/mol. The number of halogens is 2. The van der Waals surface area contributed by atoms with Crippen molar-refractivity contribution in [2.75, 3.05) is 23.8 Å². The molecule has 2 N–H and O–H groups in total. The number of nitrogens with one attached hydrogen (secondary N) is 2. The van der Waals surface area contributed by atoms with Crippen molar-refractivity contribution in [2.24, 2.45) is 0 Å². The maximum Gasteiger partial charge on any atom is 0.412 e. The van der Waals surface area contributed by atoms with Gasteiger partial charge in [-0.2, -0.15) is 0 Å². The monoisotopic (exact) mass is 452 g/mol. The SMILES string of the molecule is O=C(Nc1ccc(Cl)cc1)O[C@H]1CO[C@H]2[C@@H]1OC[C@H]2OC(=O)Nc1ccc(Cl)cc1. The minimum atomic E-state index is -0.639. The van der Waals surface area contributed by atoms with Crippen molar-refractivity contribution in [3.63, 3.8) is 0 Å². The zero-order valence-electron chi connectivity index (χ0n) is 15.5. The summed E-state index contributed by atoms with van der Waals surface area (Å²) in [6.07, 6.45) is -3.55. The molecule has 0 saturated carbocycles. The highest BCUT2D eigenvalue weighted by Gasteiger charge is 2.51. The van der Waals surface area contributed by atoms with E-state index in [9.17, 15) is 9.59 Å². The van der Waals surface area contributed by atoms with E-state index in [2.05, 4.69) is 10.6 Å². The van der Waals surface area contributed by atoms with Crippen LogP contribution in [0.2, 0.25) is 10.0 Å². The molecule has 0 spiro atoms. The Kier molecular flexibility index (Phi) is 6.29. The molecule has 2 aromatic rings. The minimum absolute atomic E-state index is 0.141. The number of hydrogen-bond acceptors (Lipinski definition) is 6. The van der Waals surface area contributed by atoms with Crippen LogP contribution in [0.5, 0.6) is 0 Å². The van der Waals surface area contributed by atoms with Gasteiger partial charge in [0.15, 0.2) is 12.2 Å². The van der Waals surface area contributed by atoms with E-state index in [1.54, 1.807) is 48.5 Å². The summed E-state index contributed by atoms with van der Waals surface area (Å²) in [7, 11) is 0. The van der Waals surface area contributed by atoms with Crippen LogP contribution < -0.4 is 10.6 Å². The van der Waals surface area contributed by atoms with E-state index in [0.29, 0.717) is 21.4 Å². The second-order valence-corrected chi connectivity index (χ2v) is 7.62. The number of rotatable bonds is 4. The molecule has 8 nitrogen and oxygen atoms in total. The summed E-state index contributed by atoms with van der Waals surface area (Å²) in [5.41, 5.74) is 1.10. The highest BCUT2D eigenvalue weighted by Crippen LogP contribution is 2.31. The van der Waals surface area contributed by atoms with Crippen LogP contribution in [0.3, 0.4) is 0 Å². The largest absolute Gasteiger partial charge is 0.441 e. The number of carbonyl (C=O) groups is 2. The molecule has 2 aromatic carbocycles. The summed E-state index contributed by atoms with van der Waals surface area (Å²) in [5, 5.41) is 6.35. The summed E-state index contributed by atoms with van der Waals surface area (Å²) >= 11 is 11.7. The van der Waals surface area contributed by atoms with E-state index < -0.39 is 36.6 Å². The Hall–Kier alpha value is -2.52. The molecule has 2 aliphatic heterocycles. The van der Waals surface area contributed by atoms with Gasteiger partial charge in [-0.3, -0.25) is 10.6 Å². The molecule has 2 fully saturated rings. The lowest BCUT2D eigenvalue weighted by atomic mass is 10.1. The predicted octanol–water partition coefficient (Wildman–Crippen LogP) is 4.33. The van der Waals surface area contributed by atoms with Crippen LogP contribution in [0, 0.1) is 0 Å².